The van der Waals surface area contributed by atoms with Gasteiger partial charge in [0, 0.05) is 11.4 Å². The third kappa shape index (κ3) is 4.81. The molecule has 0 bridgehead atoms. The van der Waals surface area contributed by atoms with Gasteiger partial charge in [0.2, 0.25) is 5.91 Å². The third-order valence-electron chi connectivity index (χ3n) is 5.29. The zero-order chi connectivity index (χ0) is 23.4. The van der Waals surface area contributed by atoms with Gasteiger partial charge in [-0.3, -0.25) is 14.5 Å². The molecule has 1 heterocycles. The Labute approximate surface area is 195 Å². The molecule has 0 aromatic heterocycles. The van der Waals surface area contributed by atoms with Gasteiger partial charge in [0.25, 0.3) is 5.91 Å². The van der Waals surface area contributed by atoms with Gasteiger partial charge in [-0.25, -0.2) is 4.39 Å². The van der Waals surface area contributed by atoms with Crippen LogP contribution >= 0.6 is 11.8 Å². The second-order valence-corrected chi connectivity index (χ2v) is 8.69. The molecule has 1 fully saturated rings. The van der Waals surface area contributed by atoms with Crippen LogP contribution in [0, 0.1) is 24.1 Å². The molecule has 2 amide bonds. The highest BCUT2D eigenvalue weighted by Gasteiger charge is 2.41. The van der Waals surface area contributed by atoms with Crippen LogP contribution in [0.2, 0.25) is 0 Å². The number of para-hydroxylation sites is 1. The average Bonchev–Trinajstić information content (AvgIpc) is 3.12. The van der Waals surface area contributed by atoms with Crippen LogP contribution in [0.3, 0.4) is 0 Å². The Balaban J connectivity index is 1.74. The lowest BCUT2D eigenvalue weighted by Crippen LogP contribution is -2.31. The fourth-order valence-corrected chi connectivity index (χ4v) is 4.86. The molecule has 7 heteroatoms. The van der Waals surface area contributed by atoms with Gasteiger partial charge in [-0.1, -0.05) is 54.2 Å². The first kappa shape index (κ1) is 22.3. The molecule has 1 aliphatic heterocycles. The number of amides is 2. The highest BCUT2D eigenvalue weighted by Crippen LogP contribution is 2.42. The Morgan fingerprint density at radius 2 is 1.73 bits per heavy atom. The molecule has 3 aromatic carbocycles. The SMILES string of the molecule is Cc1ccccc1CC1SC(=C(C#N)C(=O)Nc2ccccc2)N(c2ccc(F)cc2)C1=O. The summed E-state index contributed by atoms with van der Waals surface area (Å²) in [6.45, 7) is 1.97. The number of rotatable bonds is 5. The number of carbonyl (C=O) groups excluding carboxylic acids is 2. The summed E-state index contributed by atoms with van der Waals surface area (Å²) in [6, 6.07) is 23.9. The van der Waals surface area contributed by atoms with Crippen molar-refractivity contribution in [1.29, 1.82) is 5.26 Å². The highest BCUT2D eigenvalue weighted by atomic mass is 32.2. The summed E-state index contributed by atoms with van der Waals surface area (Å²) >= 11 is 1.18. The molecule has 0 saturated carbocycles. The second-order valence-electron chi connectivity index (χ2n) is 7.50. The fraction of sp³-hybridized carbons (Fsp3) is 0.115. The van der Waals surface area contributed by atoms with Crippen molar-refractivity contribution in [2.45, 2.75) is 18.6 Å². The summed E-state index contributed by atoms with van der Waals surface area (Å²) in [6.07, 6.45) is 0.441. The lowest BCUT2D eigenvalue weighted by molar-refractivity contribution is -0.117. The van der Waals surface area contributed by atoms with E-state index >= 15 is 0 Å². The van der Waals surface area contributed by atoms with E-state index in [2.05, 4.69) is 5.32 Å². The van der Waals surface area contributed by atoms with Crippen molar-refractivity contribution in [3.05, 3.63) is 106 Å². The van der Waals surface area contributed by atoms with Gasteiger partial charge in [0.1, 0.15) is 22.5 Å². The van der Waals surface area contributed by atoms with Crippen LogP contribution in [0.15, 0.2) is 89.5 Å². The van der Waals surface area contributed by atoms with Crippen LogP contribution < -0.4 is 10.2 Å². The summed E-state index contributed by atoms with van der Waals surface area (Å²) in [5.41, 5.74) is 2.83. The summed E-state index contributed by atoms with van der Waals surface area (Å²) < 4.78 is 13.5. The number of nitriles is 1. The normalized spacial score (nSPS) is 16.9. The number of benzene rings is 3. The van der Waals surface area contributed by atoms with Gasteiger partial charge in [-0.05, 0) is 60.9 Å². The summed E-state index contributed by atoms with van der Waals surface area (Å²) in [5, 5.41) is 12.3. The van der Waals surface area contributed by atoms with Crippen molar-refractivity contribution in [2.24, 2.45) is 0 Å². The first-order chi connectivity index (χ1) is 16.0. The van der Waals surface area contributed by atoms with E-state index in [1.54, 1.807) is 24.3 Å². The van der Waals surface area contributed by atoms with Crippen molar-refractivity contribution in [3.63, 3.8) is 0 Å². The number of nitrogens with zero attached hydrogens (tertiary/aromatic N) is 2. The van der Waals surface area contributed by atoms with Crippen molar-refractivity contribution in [1.82, 2.24) is 0 Å². The van der Waals surface area contributed by atoms with Crippen molar-refractivity contribution >= 4 is 35.0 Å². The number of thioether (sulfide) groups is 1. The Kier molecular flexibility index (Phi) is 6.57. The lowest BCUT2D eigenvalue weighted by Gasteiger charge is -2.18. The molecular formula is C26H20FN3O2S. The number of hydrogen-bond acceptors (Lipinski definition) is 4. The Morgan fingerprint density at radius 1 is 1.06 bits per heavy atom. The quantitative estimate of drug-likeness (QED) is 0.422. The molecule has 33 heavy (non-hydrogen) atoms. The zero-order valence-electron chi connectivity index (χ0n) is 17.8. The molecule has 1 saturated heterocycles. The fourth-order valence-electron chi connectivity index (χ4n) is 3.57. The Bertz CT molecular complexity index is 1270. The standard InChI is InChI=1S/C26H20FN3O2S/c1-17-7-5-6-8-18(17)15-23-25(32)30(21-13-11-19(27)12-14-21)26(33-23)22(16-28)24(31)29-20-9-3-2-4-10-20/h2-14,23H,15H2,1H3,(H,29,31). The molecule has 3 aromatic rings. The molecule has 164 valence electrons. The number of halogens is 1. The van der Waals surface area contributed by atoms with Crippen LogP contribution in [-0.2, 0) is 16.0 Å². The monoisotopic (exact) mass is 457 g/mol. The van der Waals surface area contributed by atoms with Crippen molar-refractivity contribution in [2.75, 3.05) is 10.2 Å². The Morgan fingerprint density at radius 3 is 2.39 bits per heavy atom. The predicted octanol–water partition coefficient (Wildman–Crippen LogP) is 5.20. The van der Waals surface area contributed by atoms with E-state index in [1.807, 2.05) is 43.3 Å². The highest BCUT2D eigenvalue weighted by molar-refractivity contribution is 8.05. The van der Waals surface area contributed by atoms with E-state index in [0.29, 0.717) is 17.8 Å². The number of carbonyl (C=O) groups is 2. The maximum atomic E-state index is 13.5. The molecule has 1 atom stereocenters. The molecule has 0 radical (unpaired) electrons. The molecule has 0 aliphatic carbocycles. The predicted molar refractivity (Wildman–Crippen MR) is 128 cm³/mol. The molecule has 5 nitrogen and oxygen atoms in total. The molecule has 1 aliphatic rings. The molecule has 0 spiro atoms. The van der Waals surface area contributed by atoms with Crippen molar-refractivity contribution in [3.8, 4) is 6.07 Å². The van der Waals surface area contributed by atoms with E-state index in [0.717, 1.165) is 11.1 Å². The first-order valence-electron chi connectivity index (χ1n) is 10.3. The smallest absolute Gasteiger partial charge is 0.269 e. The summed E-state index contributed by atoms with van der Waals surface area (Å²) in [5.74, 6) is -1.31. The number of anilines is 2. The number of hydrogen-bond donors (Lipinski definition) is 1. The van der Waals surface area contributed by atoms with Crippen LogP contribution in [0.25, 0.3) is 0 Å². The van der Waals surface area contributed by atoms with Gasteiger partial charge < -0.3 is 5.32 Å². The van der Waals surface area contributed by atoms with E-state index in [9.17, 15) is 19.2 Å². The van der Waals surface area contributed by atoms with Crippen molar-refractivity contribution < 1.29 is 14.0 Å². The first-order valence-corrected chi connectivity index (χ1v) is 11.2. The van der Waals surface area contributed by atoms with Gasteiger partial charge in [0.15, 0.2) is 0 Å². The summed E-state index contributed by atoms with van der Waals surface area (Å²) in [4.78, 5) is 27.8. The van der Waals surface area contributed by atoms with Crippen LogP contribution in [0.5, 0.6) is 0 Å². The topological polar surface area (TPSA) is 73.2 Å². The maximum absolute atomic E-state index is 13.5. The minimum Gasteiger partial charge on any atom is -0.321 e. The van der Waals surface area contributed by atoms with E-state index < -0.39 is 17.0 Å². The zero-order valence-corrected chi connectivity index (χ0v) is 18.6. The van der Waals surface area contributed by atoms with Crippen LogP contribution in [0.4, 0.5) is 15.8 Å². The van der Waals surface area contributed by atoms with Gasteiger partial charge in [-0.2, -0.15) is 5.26 Å². The lowest BCUT2D eigenvalue weighted by atomic mass is 10.0. The third-order valence-corrected chi connectivity index (χ3v) is 6.55. The van der Waals surface area contributed by atoms with Crippen LogP contribution in [0.1, 0.15) is 11.1 Å². The average molecular weight is 458 g/mol. The number of nitrogens with one attached hydrogen (secondary N) is 1. The van der Waals surface area contributed by atoms with E-state index in [1.165, 1.54) is 40.9 Å². The van der Waals surface area contributed by atoms with Gasteiger partial charge >= 0.3 is 0 Å². The van der Waals surface area contributed by atoms with E-state index in [-0.39, 0.29) is 16.5 Å². The minimum absolute atomic E-state index is 0.172. The summed E-state index contributed by atoms with van der Waals surface area (Å²) in [7, 11) is 0. The molecule has 1 unspecified atom stereocenters. The van der Waals surface area contributed by atoms with Gasteiger partial charge in [0.05, 0.1) is 5.25 Å². The van der Waals surface area contributed by atoms with Crippen LogP contribution in [-0.4, -0.2) is 17.1 Å². The van der Waals surface area contributed by atoms with E-state index in [4.69, 9.17) is 0 Å². The number of aryl methyl sites for hydroxylation is 1. The minimum atomic E-state index is -0.609. The largest absolute Gasteiger partial charge is 0.321 e. The van der Waals surface area contributed by atoms with Gasteiger partial charge in [-0.15, -0.1) is 0 Å². The second kappa shape index (κ2) is 9.72. The molecule has 4 rings (SSSR count). The molecule has 1 N–H and O–H groups in total. The maximum Gasteiger partial charge on any atom is 0.269 e. The molecular weight excluding hydrogens is 437 g/mol. The Hall–Kier alpha value is -3.89.